The zero-order valence-electron chi connectivity index (χ0n) is 15.3. The predicted octanol–water partition coefficient (Wildman–Crippen LogP) is 2.94. The maximum absolute atomic E-state index is 12.1. The minimum Gasteiger partial charge on any atom is -0.341 e. The SMILES string of the molecule is CC(CCNC(=O)NC1CCN(c2ncccn2)CC1)c1ccccc1. The third-order valence-corrected chi connectivity index (χ3v) is 4.90. The van der Waals surface area contributed by atoms with E-state index in [2.05, 4.69) is 56.7 Å². The normalized spacial score (nSPS) is 16.1. The first-order chi connectivity index (χ1) is 12.7. The molecule has 6 heteroatoms. The fraction of sp³-hybridized carbons (Fsp3) is 0.450. The lowest BCUT2D eigenvalue weighted by atomic mass is 9.98. The molecule has 1 aliphatic rings. The summed E-state index contributed by atoms with van der Waals surface area (Å²) in [6.07, 6.45) is 6.27. The van der Waals surface area contributed by atoms with Crippen LogP contribution in [0.4, 0.5) is 10.7 Å². The van der Waals surface area contributed by atoms with Crippen LogP contribution < -0.4 is 15.5 Å². The number of hydrogen-bond donors (Lipinski definition) is 2. The number of rotatable bonds is 6. The van der Waals surface area contributed by atoms with Crippen molar-refractivity contribution in [3.8, 4) is 0 Å². The molecule has 1 fully saturated rings. The van der Waals surface area contributed by atoms with Gasteiger partial charge in [0.2, 0.25) is 5.95 Å². The van der Waals surface area contributed by atoms with Crippen LogP contribution in [0.2, 0.25) is 0 Å². The fourth-order valence-corrected chi connectivity index (χ4v) is 3.27. The summed E-state index contributed by atoms with van der Waals surface area (Å²) < 4.78 is 0. The number of anilines is 1. The molecule has 0 spiro atoms. The van der Waals surface area contributed by atoms with Gasteiger partial charge in [-0.15, -0.1) is 0 Å². The van der Waals surface area contributed by atoms with Gasteiger partial charge in [-0.25, -0.2) is 14.8 Å². The fourth-order valence-electron chi connectivity index (χ4n) is 3.27. The molecule has 2 N–H and O–H groups in total. The van der Waals surface area contributed by atoms with Gasteiger partial charge >= 0.3 is 6.03 Å². The van der Waals surface area contributed by atoms with Gasteiger partial charge < -0.3 is 15.5 Å². The number of nitrogens with one attached hydrogen (secondary N) is 2. The number of nitrogens with zero attached hydrogens (tertiary/aromatic N) is 3. The van der Waals surface area contributed by atoms with Gasteiger partial charge in [-0.05, 0) is 36.8 Å². The third kappa shape index (κ3) is 5.18. The maximum atomic E-state index is 12.1. The Morgan fingerprint density at radius 2 is 1.85 bits per heavy atom. The first-order valence-corrected chi connectivity index (χ1v) is 9.33. The first kappa shape index (κ1) is 18.2. The molecule has 1 unspecified atom stereocenters. The van der Waals surface area contributed by atoms with Crippen molar-refractivity contribution in [1.82, 2.24) is 20.6 Å². The Hall–Kier alpha value is -2.63. The molecule has 0 radical (unpaired) electrons. The van der Waals surface area contributed by atoms with E-state index in [0.717, 1.165) is 38.3 Å². The van der Waals surface area contributed by atoms with E-state index >= 15 is 0 Å². The Balaban J connectivity index is 1.34. The number of urea groups is 1. The molecule has 2 amide bonds. The number of amides is 2. The van der Waals surface area contributed by atoms with Gasteiger partial charge in [-0.1, -0.05) is 37.3 Å². The molecule has 138 valence electrons. The second-order valence-electron chi connectivity index (χ2n) is 6.81. The van der Waals surface area contributed by atoms with Crippen LogP contribution in [0, 0.1) is 0 Å². The highest BCUT2D eigenvalue weighted by atomic mass is 16.2. The molecule has 26 heavy (non-hydrogen) atoms. The third-order valence-electron chi connectivity index (χ3n) is 4.90. The molecule has 2 heterocycles. The van der Waals surface area contributed by atoms with Crippen molar-refractivity contribution in [2.75, 3.05) is 24.5 Å². The summed E-state index contributed by atoms with van der Waals surface area (Å²) in [5.74, 6) is 1.20. The zero-order chi connectivity index (χ0) is 18.2. The zero-order valence-corrected chi connectivity index (χ0v) is 15.3. The quantitative estimate of drug-likeness (QED) is 0.838. The Labute approximate surface area is 155 Å². The standard InChI is InChI=1S/C20H27N5O/c1-16(17-6-3-2-4-7-17)8-13-23-20(26)24-18-9-14-25(15-10-18)19-21-11-5-12-22-19/h2-7,11-12,16,18H,8-10,13-15H2,1H3,(H2,23,24,26). The van der Waals surface area contributed by atoms with Crippen molar-refractivity contribution in [2.45, 2.75) is 38.1 Å². The lowest BCUT2D eigenvalue weighted by Gasteiger charge is -2.32. The molecule has 1 aliphatic heterocycles. The number of carbonyl (C=O) groups excluding carboxylic acids is 1. The second-order valence-corrected chi connectivity index (χ2v) is 6.81. The van der Waals surface area contributed by atoms with Crippen LogP contribution in [0.3, 0.4) is 0 Å². The summed E-state index contributed by atoms with van der Waals surface area (Å²) in [6.45, 7) is 4.59. The summed E-state index contributed by atoms with van der Waals surface area (Å²) in [7, 11) is 0. The van der Waals surface area contributed by atoms with Crippen molar-refractivity contribution < 1.29 is 4.79 Å². The van der Waals surface area contributed by atoms with Gasteiger partial charge in [0.1, 0.15) is 0 Å². The van der Waals surface area contributed by atoms with E-state index in [1.54, 1.807) is 12.4 Å². The lowest BCUT2D eigenvalue weighted by molar-refractivity contribution is 0.234. The highest BCUT2D eigenvalue weighted by Crippen LogP contribution is 2.18. The molecule has 1 saturated heterocycles. The van der Waals surface area contributed by atoms with Gasteiger partial charge in [0, 0.05) is 38.1 Å². The van der Waals surface area contributed by atoms with Crippen molar-refractivity contribution in [2.24, 2.45) is 0 Å². The smallest absolute Gasteiger partial charge is 0.315 e. The highest BCUT2D eigenvalue weighted by molar-refractivity contribution is 5.74. The van der Waals surface area contributed by atoms with Gasteiger partial charge in [-0.2, -0.15) is 0 Å². The van der Waals surface area contributed by atoms with E-state index in [-0.39, 0.29) is 12.1 Å². The molecule has 1 aromatic heterocycles. The van der Waals surface area contributed by atoms with Crippen LogP contribution in [0.15, 0.2) is 48.8 Å². The van der Waals surface area contributed by atoms with Crippen LogP contribution in [0.25, 0.3) is 0 Å². The average Bonchev–Trinajstić information content (AvgIpc) is 2.70. The Kier molecular flexibility index (Phi) is 6.41. The average molecular weight is 353 g/mol. The Morgan fingerprint density at radius 1 is 1.15 bits per heavy atom. The monoisotopic (exact) mass is 353 g/mol. The molecule has 0 bridgehead atoms. The topological polar surface area (TPSA) is 70.2 Å². The van der Waals surface area contributed by atoms with Gasteiger partial charge in [0.25, 0.3) is 0 Å². The molecule has 3 rings (SSSR count). The summed E-state index contributed by atoms with van der Waals surface area (Å²) in [4.78, 5) is 22.9. The van der Waals surface area contributed by atoms with E-state index in [9.17, 15) is 4.79 Å². The molecule has 2 aromatic rings. The Bertz CT molecular complexity index is 671. The second kappa shape index (κ2) is 9.17. The van der Waals surface area contributed by atoms with Crippen molar-refractivity contribution in [1.29, 1.82) is 0 Å². The molecule has 0 saturated carbocycles. The number of piperidine rings is 1. The first-order valence-electron chi connectivity index (χ1n) is 9.33. The number of hydrogen-bond acceptors (Lipinski definition) is 4. The van der Waals surface area contributed by atoms with Crippen LogP contribution in [-0.2, 0) is 0 Å². The lowest BCUT2D eigenvalue weighted by Crippen LogP contribution is -2.48. The van der Waals surface area contributed by atoms with E-state index < -0.39 is 0 Å². The predicted molar refractivity (Wildman–Crippen MR) is 103 cm³/mol. The molecule has 6 nitrogen and oxygen atoms in total. The number of benzene rings is 1. The summed E-state index contributed by atoms with van der Waals surface area (Å²) in [5, 5.41) is 6.07. The molecule has 1 aromatic carbocycles. The molecular weight excluding hydrogens is 326 g/mol. The molecular formula is C20H27N5O. The van der Waals surface area contributed by atoms with Gasteiger partial charge in [-0.3, -0.25) is 0 Å². The van der Waals surface area contributed by atoms with E-state index in [4.69, 9.17) is 0 Å². The van der Waals surface area contributed by atoms with Gasteiger partial charge in [0.15, 0.2) is 0 Å². The van der Waals surface area contributed by atoms with E-state index in [1.165, 1.54) is 5.56 Å². The minimum absolute atomic E-state index is 0.0697. The van der Waals surface area contributed by atoms with Crippen molar-refractivity contribution in [3.63, 3.8) is 0 Å². The van der Waals surface area contributed by atoms with Crippen LogP contribution in [-0.4, -0.2) is 41.7 Å². The molecule has 1 atom stereocenters. The van der Waals surface area contributed by atoms with Crippen LogP contribution in [0.1, 0.15) is 37.7 Å². The largest absolute Gasteiger partial charge is 0.341 e. The molecule has 0 aliphatic carbocycles. The van der Waals surface area contributed by atoms with E-state index in [1.807, 2.05) is 12.1 Å². The summed E-state index contributed by atoms with van der Waals surface area (Å²) >= 11 is 0. The van der Waals surface area contributed by atoms with Crippen LogP contribution >= 0.6 is 0 Å². The summed E-state index contributed by atoms with van der Waals surface area (Å²) in [5.41, 5.74) is 1.31. The van der Waals surface area contributed by atoms with Gasteiger partial charge in [0.05, 0.1) is 0 Å². The summed E-state index contributed by atoms with van der Waals surface area (Å²) in [6, 6.07) is 12.4. The van der Waals surface area contributed by atoms with Crippen molar-refractivity contribution in [3.05, 3.63) is 54.4 Å². The van der Waals surface area contributed by atoms with Crippen molar-refractivity contribution >= 4 is 12.0 Å². The highest BCUT2D eigenvalue weighted by Gasteiger charge is 2.21. The van der Waals surface area contributed by atoms with E-state index in [0.29, 0.717) is 12.5 Å². The maximum Gasteiger partial charge on any atom is 0.315 e. The Morgan fingerprint density at radius 3 is 2.54 bits per heavy atom. The number of carbonyl (C=O) groups is 1. The van der Waals surface area contributed by atoms with Crippen LogP contribution in [0.5, 0.6) is 0 Å². The minimum atomic E-state index is -0.0697. The number of aromatic nitrogens is 2.